The molecule has 0 aromatic heterocycles. The van der Waals surface area contributed by atoms with Crippen molar-refractivity contribution < 1.29 is 14.2 Å². The van der Waals surface area contributed by atoms with E-state index in [1.165, 1.54) is 0 Å². The number of rotatable bonds is 6. The third-order valence-corrected chi connectivity index (χ3v) is 2.89. The van der Waals surface area contributed by atoms with Crippen LogP contribution in [0.2, 0.25) is 0 Å². The lowest BCUT2D eigenvalue weighted by atomic mass is 9.79. The molecule has 3 heteroatoms. The molecule has 0 saturated carbocycles. The van der Waals surface area contributed by atoms with Crippen LogP contribution in [0.15, 0.2) is 25.3 Å². The summed E-state index contributed by atoms with van der Waals surface area (Å²) < 4.78 is 16.7. The Hall–Kier alpha value is -1.52. The Labute approximate surface area is 109 Å². The Morgan fingerprint density at radius 1 is 1.22 bits per heavy atom. The van der Waals surface area contributed by atoms with Crippen molar-refractivity contribution in [2.24, 2.45) is 0 Å². The van der Waals surface area contributed by atoms with E-state index in [2.05, 4.69) is 25.0 Å². The molecule has 1 fully saturated rings. The highest BCUT2D eigenvalue weighted by Crippen LogP contribution is 2.44. The quantitative estimate of drug-likeness (QED) is 0.531. The summed E-state index contributed by atoms with van der Waals surface area (Å²) in [6.45, 7) is 8.83. The molecule has 96 valence electrons. The second kappa shape index (κ2) is 5.89. The molecule has 0 radical (unpaired) electrons. The Bertz CT molecular complexity index is 373. The first-order valence-corrected chi connectivity index (χ1v) is 5.78. The van der Waals surface area contributed by atoms with E-state index in [9.17, 15) is 0 Å². The van der Waals surface area contributed by atoms with Crippen LogP contribution in [0.1, 0.15) is 19.8 Å². The molecule has 0 aliphatic carbocycles. The molecule has 1 rings (SSSR count). The fourth-order valence-electron chi connectivity index (χ4n) is 2.05. The van der Waals surface area contributed by atoms with Crippen LogP contribution < -0.4 is 0 Å². The third kappa shape index (κ3) is 2.21. The molecular weight excluding hydrogens is 228 g/mol. The summed E-state index contributed by atoms with van der Waals surface area (Å²) in [5.74, 6) is 5.03. The molecule has 0 spiro atoms. The first kappa shape index (κ1) is 14.5. The minimum atomic E-state index is -1.27. The van der Waals surface area contributed by atoms with Crippen LogP contribution in [0.25, 0.3) is 0 Å². The summed E-state index contributed by atoms with van der Waals surface area (Å²) in [5, 5.41) is 0. The lowest BCUT2D eigenvalue weighted by Crippen LogP contribution is -2.49. The van der Waals surface area contributed by atoms with Crippen LogP contribution in [0.3, 0.4) is 0 Å². The van der Waals surface area contributed by atoms with Crippen molar-refractivity contribution in [3.05, 3.63) is 25.3 Å². The predicted octanol–water partition coefficient (Wildman–Crippen LogP) is 2.25. The van der Waals surface area contributed by atoms with Crippen molar-refractivity contribution in [1.82, 2.24) is 0 Å². The summed E-state index contributed by atoms with van der Waals surface area (Å²) >= 11 is 0. The van der Waals surface area contributed by atoms with Crippen molar-refractivity contribution >= 4 is 0 Å². The average molecular weight is 246 g/mol. The fourth-order valence-corrected chi connectivity index (χ4v) is 2.05. The van der Waals surface area contributed by atoms with Gasteiger partial charge in [-0.3, -0.25) is 4.74 Å². The summed E-state index contributed by atoms with van der Waals surface area (Å²) in [5.41, 5.74) is -2.14. The Balaban J connectivity index is 3.18. The van der Waals surface area contributed by atoms with Gasteiger partial charge in [-0.25, -0.2) is 0 Å². The van der Waals surface area contributed by atoms with Crippen LogP contribution in [0.5, 0.6) is 0 Å². The highest BCUT2D eigenvalue weighted by atomic mass is 16.9. The van der Waals surface area contributed by atoms with Crippen LogP contribution in [-0.4, -0.2) is 24.3 Å². The lowest BCUT2D eigenvalue weighted by molar-refractivity contribution is -0.250. The third-order valence-electron chi connectivity index (χ3n) is 2.89. The van der Waals surface area contributed by atoms with Gasteiger partial charge in [-0.1, -0.05) is 24.0 Å². The topological polar surface area (TPSA) is 27.7 Å². The summed E-state index contributed by atoms with van der Waals surface area (Å²) in [4.78, 5) is 0. The van der Waals surface area contributed by atoms with E-state index >= 15 is 0 Å². The zero-order valence-electron chi connectivity index (χ0n) is 10.6. The maximum absolute atomic E-state index is 5.80. The smallest absolute Gasteiger partial charge is 0.274 e. The van der Waals surface area contributed by atoms with Crippen molar-refractivity contribution in [2.75, 3.05) is 6.61 Å². The predicted molar refractivity (Wildman–Crippen MR) is 70.3 cm³/mol. The van der Waals surface area contributed by atoms with Crippen molar-refractivity contribution in [3.8, 4) is 24.7 Å². The van der Waals surface area contributed by atoms with Gasteiger partial charge >= 0.3 is 0 Å². The van der Waals surface area contributed by atoms with Gasteiger partial charge in [0.05, 0.1) is 0 Å². The van der Waals surface area contributed by atoms with Crippen molar-refractivity contribution in [3.63, 3.8) is 0 Å². The van der Waals surface area contributed by atoms with Gasteiger partial charge in [-0.15, -0.1) is 26.0 Å². The van der Waals surface area contributed by atoms with E-state index in [1.54, 1.807) is 12.2 Å². The largest absolute Gasteiger partial charge is 0.330 e. The van der Waals surface area contributed by atoms with Gasteiger partial charge in [0, 0.05) is 6.61 Å². The number of terminal acetylenes is 2. The molecule has 1 atom stereocenters. The van der Waals surface area contributed by atoms with E-state index in [1.807, 2.05) is 6.92 Å². The molecular formula is C15H18O3. The highest BCUT2D eigenvalue weighted by Gasteiger charge is 2.59. The van der Waals surface area contributed by atoms with Gasteiger partial charge in [-0.2, -0.15) is 0 Å². The molecule has 18 heavy (non-hydrogen) atoms. The van der Waals surface area contributed by atoms with E-state index in [-0.39, 0.29) is 0 Å². The minimum absolute atomic E-state index is 0.439. The van der Waals surface area contributed by atoms with E-state index in [4.69, 9.17) is 27.1 Å². The highest BCUT2D eigenvalue weighted by molar-refractivity contribution is 5.36. The standard InChI is InChI=1S/C15H18O3/c1-6-11-15(12-7-2)14(8-3,9-4)17-13(18-15)16-10-5/h3-4,6-7,13H,1-2,10-12H2,5H3. The molecule has 0 amide bonds. The molecule has 3 nitrogen and oxygen atoms in total. The van der Waals surface area contributed by atoms with Gasteiger partial charge in [0.1, 0.15) is 5.60 Å². The molecule has 1 aliphatic heterocycles. The van der Waals surface area contributed by atoms with Crippen LogP contribution in [0.4, 0.5) is 0 Å². The zero-order valence-corrected chi connectivity index (χ0v) is 10.6. The number of hydrogen-bond donors (Lipinski definition) is 0. The molecule has 0 aromatic rings. The molecule has 0 bridgehead atoms. The fraction of sp³-hybridized carbons (Fsp3) is 0.467. The summed E-state index contributed by atoms with van der Waals surface area (Å²) in [7, 11) is 0. The molecule has 0 aromatic carbocycles. The molecule has 1 aliphatic rings. The first-order valence-electron chi connectivity index (χ1n) is 5.78. The SMILES string of the molecule is C#CC1(C#C)OC(OCC)OC1(CC=C)CC=C. The van der Waals surface area contributed by atoms with Crippen molar-refractivity contribution in [2.45, 2.75) is 37.4 Å². The Morgan fingerprint density at radius 2 is 1.78 bits per heavy atom. The van der Waals surface area contributed by atoms with Crippen molar-refractivity contribution in [1.29, 1.82) is 0 Å². The number of ether oxygens (including phenoxy) is 3. The van der Waals surface area contributed by atoms with E-state index < -0.39 is 17.7 Å². The minimum Gasteiger partial charge on any atom is -0.330 e. The van der Waals surface area contributed by atoms with Crippen LogP contribution >= 0.6 is 0 Å². The molecule has 0 N–H and O–H groups in total. The molecule has 1 saturated heterocycles. The Kier molecular flexibility index (Phi) is 4.76. The van der Waals surface area contributed by atoms with Gasteiger partial charge < -0.3 is 9.47 Å². The van der Waals surface area contributed by atoms with Gasteiger partial charge in [0.15, 0.2) is 0 Å². The zero-order chi connectivity index (χ0) is 13.6. The second-order valence-corrected chi connectivity index (χ2v) is 3.93. The van der Waals surface area contributed by atoms with Crippen LogP contribution in [-0.2, 0) is 14.2 Å². The first-order chi connectivity index (χ1) is 8.63. The average Bonchev–Trinajstić information content (AvgIpc) is 2.65. The normalized spacial score (nSPS) is 23.8. The van der Waals surface area contributed by atoms with Gasteiger partial charge in [0.2, 0.25) is 5.60 Å². The van der Waals surface area contributed by atoms with Crippen LogP contribution in [0, 0.1) is 24.7 Å². The number of hydrogen-bond acceptors (Lipinski definition) is 3. The Morgan fingerprint density at radius 3 is 2.17 bits per heavy atom. The second-order valence-electron chi connectivity index (χ2n) is 3.93. The van der Waals surface area contributed by atoms with E-state index in [0.717, 1.165) is 0 Å². The monoisotopic (exact) mass is 246 g/mol. The summed E-state index contributed by atoms with van der Waals surface area (Å²) in [6.07, 6.45) is 15.4. The molecule has 1 unspecified atom stereocenters. The van der Waals surface area contributed by atoms with Gasteiger partial charge in [0.25, 0.3) is 6.48 Å². The maximum atomic E-state index is 5.80. The van der Waals surface area contributed by atoms with E-state index in [0.29, 0.717) is 19.4 Å². The summed E-state index contributed by atoms with van der Waals surface area (Å²) in [6, 6.07) is 0. The lowest BCUT2D eigenvalue weighted by Gasteiger charge is -2.34. The molecule has 1 heterocycles. The maximum Gasteiger partial charge on any atom is 0.274 e. The van der Waals surface area contributed by atoms with Gasteiger partial charge in [-0.05, 0) is 19.8 Å².